The molecule has 1 saturated heterocycles. The van der Waals surface area contributed by atoms with Crippen molar-refractivity contribution in [1.82, 2.24) is 14.5 Å². The fourth-order valence-corrected chi connectivity index (χ4v) is 2.95. The van der Waals surface area contributed by atoms with Gasteiger partial charge in [0.2, 0.25) is 0 Å². The first-order chi connectivity index (χ1) is 10.5. The molecular formula is C12H12BrN5O4. The maximum Gasteiger partial charge on any atom is 0.165 e. The lowest BCUT2D eigenvalue weighted by molar-refractivity contribution is -0.0529. The number of anilines is 1. The van der Waals surface area contributed by atoms with Crippen molar-refractivity contribution in [3.63, 3.8) is 0 Å². The maximum atomic E-state index is 10.1. The van der Waals surface area contributed by atoms with Crippen LogP contribution in [-0.4, -0.2) is 54.8 Å². The molecule has 10 heteroatoms. The van der Waals surface area contributed by atoms with Crippen molar-refractivity contribution in [3.05, 3.63) is 16.5 Å². The lowest BCUT2D eigenvalue weighted by Gasteiger charge is -2.21. The lowest BCUT2D eigenvalue weighted by Crippen LogP contribution is -2.33. The Morgan fingerprint density at radius 3 is 2.77 bits per heavy atom. The Balaban J connectivity index is 2.12. The molecule has 0 aromatic heterocycles. The molecule has 9 nitrogen and oxygen atoms in total. The van der Waals surface area contributed by atoms with Gasteiger partial charge in [0.15, 0.2) is 6.23 Å². The highest BCUT2D eigenvalue weighted by Gasteiger charge is 2.44. The van der Waals surface area contributed by atoms with Crippen molar-refractivity contribution in [1.29, 1.82) is 5.26 Å². The van der Waals surface area contributed by atoms with Gasteiger partial charge in [0, 0.05) is 0 Å². The van der Waals surface area contributed by atoms with E-state index in [4.69, 9.17) is 15.6 Å². The minimum Gasteiger partial charge on any atom is -0.394 e. The molecule has 2 unspecified atom stereocenters. The van der Waals surface area contributed by atoms with E-state index in [0.29, 0.717) is 10.2 Å². The zero-order valence-electron chi connectivity index (χ0n) is 11.1. The molecule has 0 radical (unpaired) electrons. The van der Waals surface area contributed by atoms with Crippen LogP contribution in [0.1, 0.15) is 11.8 Å². The van der Waals surface area contributed by atoms with E-state index in [2.05, 4.69) is 25.9 Å². The van der Waals surface area contributed by atoms with Gasteiger partial charge in [-0.05, 0) is 15.9 Å². The van der Waals surface area contributed by atoms with Crippen molar-refractivity contribution in [2.45, 2.75) is 24.5 Å². The molecule has 3 aliphatic heterocycles. The largest absolute Gasteiger partial charge is 0.394 e. The third-order valence-electron chi connectivity index (χ3n) is 3.61. The van der Waals surface area contributed by atoms with Crippen molar-refractivity contribution in [2.24, 2.45) is 0 Å². The standard InChI is InChI=1S/C12H12BrN5O4/c13-9-4(1-14)6-10(15)16-3-18(11(6)17-9)12-8(21)7(20)5(2-19)22-12/h3,5,7-8,12,19-21H,2,15H2/t5-,7?,8?,12-/m0/s1. The highest BCUT2D eigenvalue weighted by molar-refractivity contribution is 9.10. The number of hydrogen-bond donors (Lipinski definition) is 4. The van der Waals surface area contributed by atoms with Gasteiger partial charge in [-0.1, -0.05) is 0 Å². The summed E-state index contributed by atoms with van der Waals surface area (Å²) in [6.07, 6.45) is -3.15. The molecule has 22 heavy (non-hydrogen) atoms. The van der Waals surface area contributed by atoms with Gasteiger partial charge in [0.05, 0.1) is 17.7 Å². The van der Waals surface area contributed by atoms with Crippen LogP contribution in [0.2, 0.25) is 0 Å². The SMILES string of the molecule is N#Cc1c(Br)nc2n([C@H]3O[C@@H](CO)C(O)C3O)cnc(N)c1-2. The summed E-state index contributed by atoms with van der Waals surface area (Å²) in [6, 6.07) is 1.98. The fourth-order valence-electron chi connectivity index (χ4n) is 2.49. The van der Waals surface area contributed by atoms with E-state index in [-0.39, 0.29) is 17.2 Å². The number of nitrogens with zero attached hydrogens (tertiary/aromatic N) is 4. The number of halogens is 1. The molecule has 0 saturated carbocycles. The number of aromatic nitrogens is 3. The van der Waals surface area contributed by atoms with Crippen molar-refractivity contribution in [2.75, 3.05) is 12.3 Å². The van der Waals surface area contributed by atoms with Crippen LogP contribution in [0.3, 0.4) is 0 Å². The molecule has 0 aliphatic carbocycles. The smallest absolute Gasteiger partial charge is 0.165 e. The fraction of sp³-hybridized carbons (Fsp3) is 0.417. The van der Waals surface area contributed by atoms with Gasteiger partial charge >= 0.3 is 0 Å². The second kappa shape index (κ2) is 5.45. The number of nitriles is 1. The Hall–Kier alpha value is -1.77. The van der Waals surface area contributed by atoms with Crippen LogP contribution in [0.4, 0.5) is 5.82 Å². The number of hydrogen-bond acceptors (Lipinski definition) is 8. The van der Waals surface area contributed by atoms with E-state index >= 15 is 0 Å². The van der Waals surface area contributed by atoms with Crippen LogP contribution in [0.15, 0.2) is 10.9 Å². The molecule has 1 fully saturated rings. The van der Waals surface area contributed by atoms with Gasteiger partial charge in [0.1, 0.15) is 47.0 Å². The molecule has 116 valence electrons. The first-order valence-electron chi connectivity index (χ1n) is 6.33. The van der Waals surface area contributed by atoms with E-state index in [1.54, 1.807) is 0 Å². The molecule has 3 heterocycles. The molecular weight excluding hydrogens is 358 g/mol. The van der Waals surface area contributed by atoms with E-state index in [0.717, 1.165) is 0 Å². The summed E-state index contributed by atoms with van der Waals surface area (Å²) in [4.78, 5) is 8.18. The second-order valence-corrected chi connectivity index (χ2v) is 5.61. The van der Waals surface area contributed by atoms with Crippen molar-refractivity contribution in [3.8, 4) is 17.5 Å². The molecule has 5 N–H and O–H groups in total. The minimum atomic E-state index is -1.28. The Morgan fingerprint density at radius 1 is 1.45 bits per heavy atom. The zero-order chi connectivity index (χ0) is 16.0. The van der Waals surface area contributed by atoms with Crippen LogP contribution < -0.4 is 5.73 Å². The number of fused-ring (bicyclic) bond motifs is 1. The number of rotatable bonds is 2. The summed E-state index contributed by atoms with van der Waals surface area (Å²) in [5, 5.41) is 38.3. The summed E-state index contributed by atoms with van der Waals surface area (Å²) in [5.41, 5.74) is 6.35. The third kappa shape index (κ3) is 2.06. The summed E-state index contributed by atoms with van der Waals surface area (Å²) in [7, 11) is 0. The minimum absolute atomic E-state index is 0.118. The Labute approximate surface area is 133 Å². The Morgan fingerprint density at radius 2 is 2.18 bits per heavy atom. The number of aliphatic hydroxyl groups excluding tert-OH is 3. The molecule has 0 aromatic rings. The summed E-state index contributed by atoms with van der Waals surface area (Å²) >= 11 is 3.18. The zero-order valence-corrected chi connectivity index (χ0v) is 12.7. The first kappa shape index (κ1) is 15.1. The maximum absolute atomic E-state index is 10.1. The quantitative estimate of drug-likeness (QED) is 0.537. The highest BCUT2D eigenvalue weighted by Crippen LogP contribution is 2.38. The van der Waals surface area contributed by atoms with Gasteiger partial charge < -0.3 is 25.8 Å². The van der Waals surface area contributed by atoms with Crippen LogP contribution in [0.5, 0.6) is 0 Å². The van der Waals surface area contributed by atoms with E-state index in [9.17, 15) is 15.5 Å². The van der Waals surface area contributed by atoms with E-state index < -0.39 is 31.1 Å². The highest BCUT2D eigenvalue weighted by atomic mass is 79.9. The summed E-state index contributed by atoms with van der Waals surface area (Å²) in [6.45, 7) is -0.442. The number of nitrogens with two attached hydrogens (primary N) is 1. The van der Waals surface area contributed by atoms with Crippen molar-refractivity contribution < 1.29 is 20.1 Å². The predicted molar refractivity (Wildman–Crippen MR) is 76.5 cm³/mol. The summed E-state index contributed by atoms with van der Waals surface area (Å²) in [5.74, 6) is 0.401. The van der Waals surface area contributed by atoms with Gasteiger partial charge in [0.25, 0.3) is 0 Å². The van der Waals surface area contributed by atoms with Gasteiger partial charge in [-0.2, -0.15) is 5.26 Å². The summed E-state index contributed by atoms with van der Waals surface area (Å²) < 4.78 is 7.12. The lowest BCUT2D eigenvalue weighted by atomic mass is 10.1. The van der Waals surface area contributed by atoms with E-state index in [1.807, 2.05) is 6.07 Å². The predicted octanol–water partition coefficient (Wildman–Crippen LogP) is -0.789. The number of nitrogen functional groups attached to an aromatic ring is 1. The Kier molecular flexibility index (Phi) is 3.75. The average Bonchev–Trinajstić information content (AvgIpc) is 2.98. The average molecular weight is 370 g/mol. The van der Waals surface area contributed by atoms with Crippen LogP contribution >= 0.6 is 15.9 Å². The van der Waals surface area contributed by atoms with Gasteiger partial charge in [-0.3, -0.25) is 4.57 Å². The molecule has 4 atom stereocenters. The molecule has 0 aromatic carbocycles. The Bertz CT molecular complexity index is 729. The molecule has 3 aliphatic rings. The van der Waals surface area contributed by atoms with Gasteiger partial charge in [-0.15, -0.1) is 0 Å². The normalized spacial score (nSPS) is 28.1. The van der Waals surface area contributed by atoms with Gasteiger partial charge in [-0.25, -0.2) is 9.97 Å². The molecule has 0 amide bonds. The van der Waals surface area contributed by atoms with Crippen LogP contribution in [0.25, 0.3) is 11.4 Å². The second-order valence-electron chi connectivity index (χ2n) is 4.85. The first-order valence-corrected chi connectivity index (χ1v) is 7.13. The van der Waals surface area contributed by atoms with Crippen molar-refractivity contribution >= 4 is 21.7 Å². The van der Waals surface area contributed by atoms with Crippen LogP contribution in [0, 0.1) is 11.3 Å². The molecule has 0 spiro atoms. The van der Waals surface area contributed by atoms with E-state index in [1.165, 1.54) is 10.9 Å². The van der Waals surface area contributed by atoms with Crippen LogP contribution in [-0.2, 0) is 4.74 Å². The monoisotopic (exact) mass is 369 g/mol. The molecule has 3 rings (SSSR count). The molecule has 0 bridgehead atoms. The number of ether oxygens (including phenoxy) is 1. The topological polar surface area (TPSA) is 150 Å². The third-order valence-corrected chi connectivity index (χ3v) is 4.18. The number of aliphatic hydroxyl groups is 3.